The first kappa shape index (κ1) is 23.6. The van der Waals surface area contributed by atoms with Crippen LogP contribution in [0.2, 0.25) is 5.02 Å². The van der Waals surface area contributed by atoms with Gasteiger partial charge in [0.2, 0.25) is 10.0 Å². The normalized spacial score (nSPS) is 16.4. The summed E-state index contributed by atoms with van der Waals surface area (Å²) in [6.45, 7) is 0.635. The van der Waals surface area contributed by atoms with Crippen LogP contribution in [0.1, 0.15) is 18.4 Å². The molecule has 0 radical (unpaired) electrons. The molecule has 4 rings (SSSR count). The van der Waals surface area contributed by atoms with Crippen molar-refractivity contribution >= 4 is 32.5 Å². The van der Waals surface area contributed by atoms with Crippen LogP contribution >= 0.6 is 11.6 Å². The molecule has 0 amide bonds. The Hall–Kier alpha value is -2.59. The Morgan fingerprint density at radius 3 is 2.45 bits per heavy atom. The minimum atomic E-state index is -3.90. The van der Waals surface area contributed by atoms with Gasteiger partial charge in [0.1, 0.15) is 0 Å². The second-order valence-electron chi connectivity index (χ2n) is 7.80. The van der Waals surface area contributed by atoms with Crippen molar-refractivity contribution in [3.05, 3.63) is 63.4 Å². The van der Waals surface area contributed by atoms with E-state index in [9.17, 15) is 13.2 Å². The quantitative estimate of drug-likeness (QED) is 0.516. The molecule has 1 aliphatic rings. The fourth-order valence-electron chi connectivity index (χ4n) is 3.90. The van der Waals surface area contributed by atoms with Crippen LogP contribution < -0.4 is 15.0 Å². The van der Waals surface area contributed by atoms with Crippen LogP contribution in [-0.4, -0.2) is 51.2 Å². The number of hydrogen-bond donors (Lipinski definition) is 1. The fraction of sp³-hybridized carbons (Fsp3) is 0.348. The molecule has 33 heavy (non-hydrogen) atoms. The van der Waals surface area contributed by atoms with Crippen LogP contribution in [0.3, 0.4) is 0 Å². The van der Waals surface area contributed by atoms with Gasteiger partial charge < -0.3 is 19.2 Å². The van der Waals surface area contributed by atoms with Crippen LogP contribution in [0.4, 0.5) is 0 Å². The molecule has 1 aliphatic heterocycles. The number of H-pyrrole nitrogens is 1. The summed E-state index contributed by atoms with van der Waals surface area (Å²) in [5, 5.41) is 1.14. The lowest BCUT2D eigenvalue weighted by Gasteiger charge is -2.25. The molecule has 1 N–H and O–H groups in total. The number of hydrogen-bond acceptors (Lipinski definition) is 6. The Labute approximate surface area is 197 Å². The number of methoxy groups -OCH3 is 2. The summed E-state index contributed by atoms with van der Waals surface area (Å²) < 4.78 is 44.6. The van der Waals surface area contributed by atoms with E-state index in [-0.39, 0.29) is 29.6 Å². The topological polar surface area (TPSA) is 97.9 Å². The second kappa shape index (κ2) is 9.72. The number of nitrogens with one attached hydrogen (secondary N) is 1. The maximum absolute atomic E-state index is 13.5. The van der Waals surface area contributed by atoms with Crippen molar-refractivity contribution in [3.8, 4) is 11.5 Å². The fourth-order valence-corrected chi connectivity index (χ4v) is 5.48. The average molecular weight is 493 g/mol. The number of aromatic amines is 1. The molecule has 1 aromatic heterocycles. The minimum absolute atomic E-state index is 0.105. The van der Waals surface area contributed by atoms with Crippen molar-refractivity contribution in [1.29, 1.82) is 0 Å². The number of halogens is 1. The summed E-state index contributed by atoms with van der Waals surface area (Å²) in [4.78, 5) is 15.8. The van der Waals surface area contributed by atoms with E-state index in [1.165, 1.54) is 42.8 Å². The first-order valence-electron chi connectivity index (χ1n) is 10.5. The van der Waals surface area contributed by atoms with Crippen molar-refractivity contribution < 1.29 is 22.6 Å². The summed E-state index contributed by atoms with van der Waals surface area (Å²) in [5.74, 6) is 0.992. The monoisotopic (exact) mass is 492 g/mol. The van der Waals surface area contributed by atoms with Gasteiger partial charge >= 0.3 is 0 Å². The van der Waals surface area contributed by atoms with Gasteiger partial charge in [-0.2, -0.15) is 4.31 Å². The maximum atomic E-state index is 13.5. The largest absolute Gasteiger partial charge is 0.493 e. The number of ether oxygens (including phenoxy) is 3. The number of pyridine rings is 1. The summed E-state index contributed by atoms with van der Waals surface area (Å²) in [6.07, 6.45) is 1.41. The third-order valence-electron chi connectivity index (χ3n) is 5.65. The molecule has 1 fully saturated rings. The summed E-state index contributed by atoms with van der Waals surface area (Å²) >= 11 is 5.94. The highest BCUT2D eigenvalue weighted by atomic mass is 35.5. The molecule has 176 valence electrons. The molecule has 10 heteroatoms. The van der Waals surface area contributed by atoms with Gasteiger partial charge in [-0.3, -0.25) is 4.79 Å². The van der Waals surface area contributed by atoms with E-state index in [2.05, 4.69) is 4.98 Å². The van der Waals surface area contributed by atoms with Crippen molar-refractivity contribution in [3.63, 3.8) is 0 Å². The first-order chi connectivity index (χ1) is 15.8. The molecular weight excluding hydrogens is 468 g/mol. The van der Waals surface area contributed by atoms with Crippen LogP contribution in [0.5, 0.6) is 11.5 Å². The SMILES string of the molecule is COc1cc2cc(CN(CC3CCCO3)S(=O)(=O)c3ccc(Cl)cc3)c(=O)[nH]c2cc1OC. The predicted molar refractivity (Wildman–Crippen MR) is 126 cm³/mol. The van der Waals surface area contributed by atoms with Crippen LogP contribution in [0, 0.1) is 0 Å². The molecule has 1 unspecified atom stereocenters. The molecule has 8 nitrogen and oxygen atoms in total. The molecule has 1 saturated heterocycles. The first-order valence-corrected chi connectivity index (χ1v) is 12.3. The zero-order valence-electron chi connectivity index (χ0n) is 18.3. The zero-order valence-corrected chi connectivity index (χ0v) is 19.9. The van der Waals surface area contributed by atoms with Gasteiger partial charge in [0.05, 0.1) is 30.7 Å². The molecule has 2 aromatic carbocycles. The number of fused-ring (bicyclic) bond motifs is 1. The third-order valence-corrected chi connectivity index (χ3v) is 7.73. The van der Waals surface area contributed by atoms with E-state index < -0.39 is 10.0 Å². The van der Waals surface area contributed by atoms with E-state index in [1.54, 1.807) is 18.2 Å². The Bertz CT molecular complexity index is 1300. The van der Waals surface area contributed by atoms with Gasteiger partial charge in [-0.25, -0.2) is 8.42 Å². The number of rotatable bonds is 8. The Kier molecular flexibility index (Phi) is 6.94. The average Bonchev–Trinajstić information content (AvgIpc) is 3.31. The van der Waals surface area contributed by atoms with Gasteiger partial charge in [0.25, 0.3) is 5.56 Å². The van der Waals surface area contributed by atoms with E-state index in [1.807, 2.05) is 0 Å². The standard InChI is InChI=1S/C23H25ClN2O6S/c1-30-21-11-15-10-16(23(27)25-20(15)12-22(21)31-2)13-26(14-18-4-3-9-32-18)33(28,29)19-7-5-17(24)6-8-19/h5-8,10-12,18H,3-4,9,13-14H2,1-2H3,(H,25,27). The van der Waals surface area contributed by atoms with Crippen molar-refractivity contribution in [1.82, 2.24) is 9.29 Å². The van der Waals surface area contributed by atoms with E-state index in [0.717, 1.165) is 12.8 Å². The predicted octanol–water partition coefficient (Wildman–Crippen LogP) is 3.57. The van der Waals surface area contributed by atoms with E-state index >= 15 is 0 Å². The lowest BCUT2D eigenvalue weighted by molar-refractivity contribution is 0.0925. The van der Waals surface area contributed by atoms with Crippen LogP contribution in [-0.2, 0) is 21.3 Å². The highest BCUT2D eigenvalue weighted by molar-refractivity contribution is 7.89. The van der Waals surface area contributed by atoms with E-state index in [4.69, 9.17) is 25.8 Å². The zero-order chi connectivity index (χ0) is 23.6. The molecule has 0 saturated carbocycles. The molecule has 2 heterocycles. The van der Waals surface area contributed by atoms with Gasteiger partial charge in [-0.1, -0.05) is 11.6 Å². The highest BCUT2D eigenvalue weighted by Gasteiger charge is 2.30. The Balaban J connectivity index is 1.74. The molecule has 0 spiro atoms. The third kappa shape index (κ3) is 5.01. The minimum Gasteiger partial charge on any atom is -0.493 e. The number of benzene rings is 2. The number of nitrogens with zero attached hydrogens (tertiary/aromatic N) is 1. The molecular formula is C23H25ClN2O6S. The Morgan fingerprint density at radius 1 is 1.12 bits per heavy atom. The van der Waals surface area contributed by atoms with Gasteiger partial charge in [-0.15, -0.1) is 0 Å². The molecule has 3 aromatic rings. The van der Waals surface area contributed by atoms with Gasteiger partial charge in [0.15, 0.2) is 11.5 Å². The Morgan fingerprint density at radius 2 is 1.82 bits per heavy atom. The summed E-state index contributed by atoms with van der Waals surface area (Å²) in [5.41, 5.74) is 0.497. The second-order valence-corrected chi connectivity index (χ2v) is 10.2. The van der Waals surface area contributed by atoms with Gasteiger partial charge in [-0.05, 0) is 49.2 Å². The van der Waals surface area contributed by atoms with Crippen molar-refractivity contribution in [2.45, 2.75) is 30.4 Å². The van der Waals surface area contributed by atoms with Gasteiger partial charge in [0, 0.05) is 41.7 Å². The maximum Gasteiger partial charge on any atom is 0.252 e. The van der Waals surface area contributed by atoms with Crippen LogP contribution in [0.25, 0.3) is 10.9 Å². The number of sulfonamides is 1. The molecule has 1 atom stereocenters. The summed E-state index contributed by atoms with van der Waals surface area (Å²) in [7, 11) is -0.859. The molecule has 0 bridgehead atoms. The summed E-state index contributed by atoms with van der Waals surface area (Å²) in [6, 6.07) is 11.1. The van der Waals surface area contributed by atoms with E-state index in [0.29, 0.717) is 39.6 Å². The lowest BCUT2D eigenvalue weighted by Crippen LogP contribution is -2.38. The smallest absolute Gasteiger partial charge is 0.252 e. The number of aromatic nitrogens is 1. The van der Waals surface area contributed by atoms with Crippen LogP contribution in [0.15, 0.2) is 52.2 Å². The van der Waals surface area contributed by atoms with Crippen molar-refractivity contribution in [2.75, 3.05) is 27.4 Å². The highest BCUT2D eigenvalue weighted by Crippen LogP contribution is 2.31. The lowest BCUT2D eigenvalue weighted by atomic mass is 10.1. The van der Waals surface area contributed by atoms with Crippen molar-refractivity contribution in [2.24, 2.45) is 0 Å². The molecule has 0 aliphatic carbocycles.